The Morgan fingerprint density at radius 3 is 2.50 bits per heavy atom. The number of benzene rings is 1. The zero-order chi connectivity index (χ0) is 24.0. The number of aryl methyl sites for hydroxylation is 3. The van der Waals surface area contributed by atoms with Gasteiger partial charge in [-0.1, -0.05) is 6.07 Å². The Balaban J connectivity index is 1.46. The van der Waals surface area contributed by atoms with Crippen LogP contribution in [0.15, 0.2) is 18.5 Å². The highest BCUT2D eigenvalue weighted by Crippen LogP contribution is 2.38. The highest BCUT2D eigenvalue weighted by Gasteiger charge is 2.41. The monoisotopic (exact) mass is 489 g/mol. The molecule has 1 fully saturated rings. The Kier molecular flexibility index (Phi) is 6.13. The largest absolute Gasteiger partial charge is 0.608 e. The summed E-state index contributed by atoms with van der Waals surface area (Å²) in [5.41, 5.74) is 5.40. The molecule has 10 nitrogen and oxygen atoms in total. The van der Waals surface area contributed by atoms with Gasteiger partial charge in [-0.15, -0.1) is 0 Å². The summed E-state index contributed by atoms with van der Waals surface area (Å²) in [7, 11) is -2.97. The number of ether oxygens (including phenoxy) is 1. The molecule has 184 valence electrons. The van der Waals surface area contributed by atoms with Gasteiger partial charge in [0, 0.05) is 19.9 Å². The highest BCUT2D eigenvalue weighted by atomic mass is 32.2. The van der Waals surface area contributed by atoms with Crippen molar-refractivity contribution < 1.29 is 22.4 Å². The summed E-state index contributed by atoms with van der Waals surface area (Å²) in [6, 6.07) is 0.610. The van der Waals surface area contributed by atoms with Crippen molar-refractivity contribution in [3.05, 3.63) is 45.9 Å². The molecule has 1 aromatic heterocycles. The SMILES string of the molecule is C[C@H]1C[C@@H](N(c2cnn(C)c2)S(=O)(=O)[NH+]([O-])C(=O)Nc2c3c(cc4c2CCC4)CCC3)CCO1. The first kappa shape index (κ1) is 23.3. The smallest absolute Gasteiger partial charge is 0.436 e. The molecule has 0 bridgehead atoms. The second-order valence-electron chi connectivity index (χ2n) is 9.51. The van der Waals surface area contributed by atoms with Crippen LogP contribution in [0, 0.1) is 5.21 Å². The van der Waals surface area contributed by atoms with E-state index in [0.29, 0.717) is 25.1 Å². The van der Waals surface area contributed by atoms with Crippen LogP contribution < -0.4 is 14.1 Å². The molecule has 0 radical (unpaired) electrons. The van der Waals surface area contributed by atoms with E-state index in [1.165, 1.54) is 22.0 Å². The molecule has 3 atom stereocenters. The summed E-state index contributed by atoms with van der Waals surface area (Å²) >= 11 is 0. The lowest BCUT2D eigenvalue weighted by atomic mass is 9.99. The van der Waals surface area contributed by atoms with Crippen LogP contribution in [-0.4, -0.2) is 43.0 Å². The van der Waals surface area contributed by atoms with Gasteiger partial charge in [0.2, 0.25) is 0 Å². The molecule has 1 unspecified atom stereocenters. The van der Waals surface area contributed by atoms with Gasteiger partial charge >= 0.3 is 16.2 Å². The number of aromatic nitrogens is 2. The van der Waals surface area contributed by atoms with E-state index in [1.54, 1.807) is 13.2 Å². The predicted molar refractivity (Wildman–Crippen MR) is 127 cm³/mol. The number of amides is 2. The first-order valence-electron chi connectivity index (χ1n) is 11.9. The lowest BCUT2D eigenvalue weighted by Crippen LogP contribution is -3.14. The van der Waals surface area contributed by atoms with Crippen molar-refractivity contribution in [1.29, 1.82) is 0 Å². The highest BCUT2D eigenvalue weighted by molar-refractivity contribution is 7.86. The molecule has 2 aromatic rings. The van der Waals surface area contributed by atoms with Gasteiger partial charge in [0.05, 0.1) is 29.7 Å². The summed E-state index contributed by atoms with van der Waals surface area (Å²) in [5.74, 6) is 0. The zero-order valence-electron chi connectivity index (χ0n) is 19.5. The van der Waals surface area contributed by atoms with Crippen LogP contribution in [0.4, 0.5) is 16.2 Å². The average Bonchev–Trinajstić information content (AvgIpc) is 3.54. The number of carbonyl (C=O) groups is 1. The van der Waals surface area contributed by atoms with E-state index in [1.807, 2.05) is 6.92 Å². The number of quaternary nitrogens is 1. The van der Waals surface area contributed by atoms with Crippen LogP contribution in [0.3, 0.4) is 0 Å². The second kappa shape index (κ2) is 8.95. The van der Waals surface area contributed by atoms with E-state index in [0.717, 1.165) is 54.0 Å². The van der Waals surface area contributed by atoms with Gasteiger partial charge in [0.25, 0.3) is 0 Å². The molecule has 0 spiro atoms. The summed E-state index contributed by atoms with van der Waals surface area (Å²) in [6.07, 6.45) is 9.13. The molecular weight excluding hydrogens is 458 g/mol. The molecule has 2 aliphatic carbocycles. The zero-order valence-corrected chi connectivity index (χ0v) is 20.4. The first-order valence-corrected chi connectivity index (χ1v) is 13.4. The third-order valence-electron chi connectivity index (χ3n) is 7.13. The molecule has 34 heavy (non-hydrogen) atoms. The van der Waals surface area contributed by atoms with Crippen molar-refractivity contribution in [2.45, 2.75) is 70.4 Å². The van der Waals surface area contributed by atoms with Crippen LogP contribution in [-0.2, 0) is 47.7 Å². The minimum absolute atomic E-state index is 0.161. The lowest BCUT2D eigenvalue weighted by molar-refractivity contribution is -0.604. The molecule has 1 aliphatic heterocycles. The van der Waals surface area contributed by atoms with E-state index in [2.05, 4.69) is 16.5 Å². The van der Waals surface area contributed by atoms with Gasteiger partial charge in [-0.2, -0.15) is 18.0 Å². The van der Waals surface area contributed by atoms with Crippen molar-refractivity contribution in [3.8, 4) is 0 Å². The summed E-state index contributed by atoms with van der Waals surface area (Å²) < 4.78 is 33.8. The van der Waals surface area contributed by atoms with Gasteiger partial charge in [0.1, 0.15) is 0 Å². The third-order valence-corrected chi connectivity index (χ3v) is 8.81. The van der Waals surface area contributed by atoms with Gasteiger partial charge in [0.15, 0.2) is 0 Å². The van der Waals surface area contributed by atoms with Gasteiger partial charge in [-0.25, -0.2) is 9.10 Å². The van der Waals surface area contributed by atoms with Crippen molar-refractivity contribution in [2.75, 3.05) is 16.2 Å². The summed E-state index contributed by atoms with van der Waals surface area (Å²) in [4.78, 5) is 13.1. The van der Waals surface area contributed by atoms with Crippen molar-refractivity contribution in [1.82, 2.24) is 9.78 Å². The Hall–Kier alpha value is -2.47. The van der Waals surface area contributed by atoms with E-state index < -0.39 is 26.8 Å². The maximum Gasteiger partial charge on any atom is 0.436 e. The van der Waals surface area contributed by atoms with Crippen LogP contribution in [0.2, 0.25) is 0 Å². The molecular formula is C23H31N5O5S. The molecule has 1 aromatic carbocycles. The van der Waals surface area contributed by atoms with Crippen molar-refractivity contribution in [3.63, 3.8) is 0 Å². The topological polar surface area (TPSA) is 121 Å². The van der Waals surface area contributed by atoms with Gasteiger partial charge in [-0.3, -0.25) is 10.00 Å². The van der Waals surface area contributed by atoms with Crippen molar-refractivity contribution >= 4 is 27.6 Å². The number of urea groups is 1. The van der Waals surface area contributed by atoms with E-state index in [9.17, 15) is 18.4 Å². The molecule has 2 heterocycles. The Labute approximate surface area is 199 Å². The van der Waals surface area contributed by atoms with Crippen LogP contribution in [0.5, 0.6) is 0 Å². The van der Waals surface area contributed by atoms with E-state index in [4.69, 9.17) is 4.74 Å². The quantitative estimate of drug-likeness (QED) is 0.616. The standard InChI is InChI=1S/C23H31N5O5S/c1-15-11-18(9-10-33-15)27(19-13-24-26(2)14-19)34(31,32)28(30)23(29)25-22-20-7-3-5-16(20)12-17-6-4-8-21(17)22/h12-15,18,28H,3-11H2,1-2H3,(H,25,29)/t15-,18-/m0/s1. The van der Waals surface area contributed by atoms with Crippen LogP contribution in [0.25, 0.3) is 0 Å². The number of rotatable bonds is 5. The number of fused-ring (bicyclic) bond motifs is 2. The number of hydrogen-bond donors (Lipinski definition) is 2. The number of hydroxylamine groups is 1. The van der Waals surface area contributed by atoms with Gasteiger partial charge in [-0.05, 0) is 80.5 Å². The van der Waals surface area contributed by atoms with E-state index in [-0.39, 0.29) is 11.8 Å². The van der Waals surface area contributed by atoms with Crippen LogP contribution in [0.1, 0.15) is 54.9 Å². The molecule has 3 aliphatic rings. The normalized spacial score (nSPS) is 22.8. The third kappa shape index (κ3) is 4.10. The van der Waals surface area contributed by atoms with E-state index >= 15 is 0 Å². The molecule has 11 heteroatoms. The number of nitrogens with one attached hydrogen (secondary N) is 2. The Morgan fingerprint density at radius 2 is 1.91 bits per heavy atom. The number of anilines is 2. The average molecular weight is 490 g/mol. The number of carbonyl (C=O) groups excluding carboxylic acids is 1. The maximum absolute atomic E-state index is 13.6. The maximum atomic E-state index is 13.6. The summed E-state index contributed by atoms with van der Waals surface area (Å²) in [5, 5.41) is 20.0. The molecule has 1 saturated heterocycles. The minimum Gasteiger partial charge on any atom is -0.608 e. The number of hydrogen-bond acceptors (Lipinski definition) is 6. The molecule has 2 N–H and O–H groups in total. The van der Waals surface area contributed by atoms with Crippen molar-refractivity contribution in [2.24, 2.45) is 7.05 Å². The first-order chi connectivity index (χ1) is 16.3. The molecule has 0 saturated carbocycles. The Morgan fingerprint density at radius 1 is 1.24 bits per heavy atom. The number of nitrogens with zero attached hydrogens (tertiary/aromatic N) is 3. The Bertz CT molecular complexity index is 1180. The minimum atomic E-state index is -4.64. The summed E-state index contributed by atoms with van der Waals surface area (Å²) in [6.45, 7) is 2.24. The fourth-order valence-corrected chi connectivity index (χ4v) is 7.01. The predicted octanol–water partition coefficient (Wildman–Crippen LogP) is 1.63. The lowest BCUT2D eigenvalue weighted by Gasteiger charge is -2.37. The second-order valence-corrected chi connectivity index (χ2v) is 11.2. The fraction of sp³-hybridized carbons (Fsp3) is 0.565. The fourth-order valence-electron chi connectivity index (χ4n) is 5.59. The molecule has 5 rings (SSSR count). The van der Waals surface area contributed by atoms with Gasteiger partial charge < -0.3 is 9.94 Å². The van der Waals surface area contributed by atoms with Crippen LogP contribution >= 0.6 is 0 Å². The molecule has 2 amide bonds.